The Morgan fingerprint density at radius 3 is 2.54 bits per heavy atom. The average Bonchev–Trinajstić information content (AvgIpc) is 2.14. The summed E-state index contributed by atoms with van der Waals surface area (Å²) in [5.41, 5.74) is 0. The summed E-state index contributed by atoms with van der Waals surface area (Å²) in [4.78, 5) is 11.2. The lowest BCUT2D eigenvalue weighted by atomic mass is 10.1. The van der Waals surface area contributed by atoms with Gasteiger partial charge in [0.2, 0.25) is 0 Å². The van der Waals surface area contributed by atoms with Crippen molar-refractivity contribution in [2.75, 3.05) is 6.61 Å². The number of hydrogen-bond donors (Lipinski definition) is 0. The number of Topliss-reactive ketones (excluding diaryl/α,β-unsaturated/α-hetero) is 1. The summed E-state index contributed by atoms with van der Waals surface area (Å²) in [6.07, 6.45) is 5.44. The first kappa shape index (κ1) is 12.6. The standard InChI is InChI=1S/C11H21O2/c1-3-5-8-11(12)9-6-7-10-13-4-2/h10H,3-9H2,1-2H3. The smallest absolute Gasteiger partial charge is 0.132 e. The minimum absolute atomic E-state index is 0.395. The van der Waals surface area contributed by atoms with Crippen molar-refractivity contribution in [2.24, 2.45) is 0 Å². The lowest BCUT2D eigenvalue weighted by Gasteiger charge is -2.00. The van der Waals surface area contributed by atoms with Gasteiger partial charge in [0, 0.05) is 19.4 Å². The molecule has 0 aromatic carbocycles. The van der Waals surface area contributed by atoms with Gasteiger partial charge in [-0.05, 0) is 26.2 Å². The number of rotatable bonds is 9. The van der Waals surface area contributed by atoms with E-state index in [4.69, 9.17) is 4.74 Å². The van der Waals surface area contributed by atoms with Gasteiger partial charge in [-0.15, -0.1) is 0 Å². The molecule has 0 aromatic rings. The summed E-state index contributed by atoms with van der Waals surface area (Å²) in [6.45, 7) is 6.59. The predicted molar refractivity (Wildman–Crippen MR) is 54.3 cm³/mol. The van der Waals surface area contributed by atoms with Crippen LogP contribution in [-0.2, 0) is 9.53 Å². The van der Waals surface area contributed by atoms with Crippen molar-refractivity contribution < 1.29 is 9.53 Å². The molecule has 0 spiro atoms. The molecule has 0 aliphatic rings. The highest BCUT2D eigenvalue weighted by Crippen LogP contribution is 2.04. The molecule has 77 valence electrons. The zero-order chi connectivity index (χ0) is 9.94. The monoisotopic (exact) mass is 185 g/mol. The van der Waals surface area contributed by atoms with Gasteiger partial charge in [-0.25, -0.2) is 0 Å². The minimum Gasteiger partial charge on any atom is -0.376 e. The molecule has 0 saturated carbocycles. The Morgan fingerprint density at radius 1 is 1.23 bits per heavy atom. The van der Waals surface area contributed by atoms with E-state index in [0.717, 1.165) is 38.7 Å². The molecule has 0 N–H and O–H groups in total. The Labute approximate surface area is 81.7 Å². The van der Waals surface area contributed by atoms with E-state index in [1.807, 2.05) is 6.92 Å². The fourth-order valence-corrected chi connectivity index (χ4v) is 1.08. The molecule has 0 amide bonds. The SMILES string of the molecule is CCCCC(=O)CCC[CH]OCC. The number of carbonyl (C=O) groups excluding carboxylic acids is 1. The second kappa shape index (κ2) is 9.72. The van der Waals surface area contributed by atoms with Gasteiger partial charge < -0.3 is 4.74 Å². The Hall–Kier alpha value is -0.370. The number of ketones is 1. The first-order chi connectivity index (χ1) is 6.31. The van der Waals surface area contributed by atoms with Crippen LogP contribution in [0.4, 0.5) is 0 Å². The topological polar surface area (TPSA) is 26.3 Å². The summed E-state index contributed by atoms with van der Waals surface area (Å²) in [5, 5.41) is 0. The largest absolute Gasteiger partial charge is 0.376 e. The van der Waals surface area contributed by atoms with Gasteiger partial charge >= 0.3 is 0 Å². The molecule has 0 atom stereocenters. The maximum Gasteiger partial charge on any atom is 0.132 e. The van der Waals surface area contributed by atoms with Crippen LogP contribution in [0.2, 0.25) is 0 Å². The maximum absolute atomic E-state index is 11.2. The van der Waals surface area contributed by atoms with Crippen molar-refractivity contribution in [1.29, 1.82) is 0 Å². The molecule has 1 radical (unpaired) electrons. The third-order valence-corrected chi connectivity index (χ3v) is 1.87. The van der Waals surface area contributed by atoms with Crippen molar-refractivity contribution in [3.05, 3.63) is 6.61 Å². The first-order valence-electron chi connectivity index (χ1n) is 5.26. The average molecular weight is 185 g/mol. The first-order valence-corrected chi connectivity index (χ1v) is 5.26. The molecule has 0 bridgehead atoms. The van der Waals surface area contributed by atoms with E-state index in [0.29, 0.717) is 12.2 Å². The van der Waals surface area contributed by atoms with E-state index in [1.54, 1.807) is 6.61 Å². The fraction of sp³-hybridized carbons (Fsp3) is 0.818. The molecule has 0 fully saturated rings. The van der Waals surface area contributed by atoms with E-state index in [1.165, 1.54) is 0 Å². The quantitative estimate of drug-likeness (QED) is 0.516. The van der Waals surface area contributed by atoms with Crippen LogP contribution in [-0.4, -0.2) is 12.4 Å². The fourth-order valence-electron chi connectivity index (χ4n) is 1.08. The second-order valence-electron chi connectivity index (χ2n) is 3.16. The number of ether oxygens (including phenoxy) is 1. The molecule has 0 aromatic heterocycles. The summed E-state index contributed by atoms with van der Waals surface area (Å²) < 4.78 is 5.06. The maximum atomic E-state index is 11.2. The van der Waals surface area contributed by atoms with E-state index in [-0.39, 0.29) is 0 Å². The predicted octanol–water partition coefficient (Wildman–Crippen LogP) is 3.11. The second-order valence-corrected chi connectivity index (χ2v) is 3.16. The molecule has 0 heterocycles. The third kappa shape index (κ3) is 9.54. The van der Waals surface area contributed by atoms with Crippen LogP contribution >= 0.6 is 0 Å². The van der Waals surface area contributed by atoms with Gasteiger partial charge in [-0.2, -0.15) is 0 Å². The van der Waals surface area contributed by atoms with Gasteiger partial charge in [0.25, 0.3) is 0 Å². The van der Waals surface area contributed by atoms with Crippen molar-refractivity contribution in [2.45, 2.75) is 52.4 Å². The van der Waals surface area contributed by atoms with Crippen LogP contribution in [0.15, 0.2) is 0 Å². The summed E-state index contributed by atoms with van der Waals surface area (Å²) in [6, 6.07) is 0. The van der Waals surface area contributed by atoms with E-state index in [2.05, 4.69) is 6.92 Å². The van der Waals surface area contributed by atoms with Crippen molar-refractivity contribution in [3.63, 3.8) is 0 Å². The van der Waals surface area contributed by atoms with Crippen molar-refractivity contribution >= 4 is 5.78 Å². The van der Waals surface area contributed by atoms with Gasteiger partial charge in [-0.3, -0.25) is 4.79 Å². The van der Waals surface area contributed by atoms with Gasteiger partial charge in [0.15, 0.2) is 0 Å². The number of hydrogen-bond acceptors (Lipinski definition) is 2. The van der Waals surface area contributed by atoms with Crippen LogP contribution in [0.3, 0.4) is 0 Å². The van der Waals surface area contributed by atoms with E-state index >= 15 is 0 Å². The van der Waals surface area contributed by atoms with Crippen LogP contribution in [0, 0.1) is 6.61 Å². The molecule has 2 nitrogen and oxygen atoms in total. The molecule has 0 rings (SSSR count). The zero-order valence-corrected chi connectivity index (χ0v) is 8.84. The van der Waals surface area contributed by atoms with Crippen LogP contribution in [0.1, 0.15) is 52.4 Å². The highest BCUT2D eigenvalue weighted by atomic mass is 16.5. The zero-order valence-electron chi connectivity index (χ0n) is 8.84. The lowest BCUT2D eigenvalue weighted by Crippen LogP contribution is -1.97. The highest BCUT2D eigenvalue weighted by Gasteiger charge is 2.00. The number of unbranched alkanes of at least 4 members (excludes halogenated alkanes) is 2. The van der Waals surface area contributed by atoms with E-state index in [9.17, 15) is 4.79 Å². The molecular weight excluding hydrogens is 164 g/mol. The summed E-state index contributed by atoms with van der Waals surface area (Å²) in [5.74, 6) is 0.395. The molecule has 13 heavy (non-hydrogen) atoms. The molecular formula is C11H21O2. The summed E-state index contributed by atoms with van der Waals surface area (Å²) in [7, 11) is 0. The van der Waals surface area contributed by atoms with Gasteiger partial charge in [0.05, 0.1) is 6.61 Å². The minimum atomic E-state index is 0.395. The Morgan fingerprint density at radius 2 is 1.92 bits per heavy atom. The Balaban J connectivity index is 3.08. The highest BCUT2D eigenvalue weighted by molar-refractivity contribution is 5.78. The molecule has 2 heteroatoms. The Bertz CT molecular complexity index is 121. The number of carbonyl (C=O) groups is 1. The Kier molecular flexibility index (Phi) is 9.44. The van der Waals surface area contributed by atoms with Crippen LogP contribution in [0.25, 0.3) is 0 Å². The third-order valence-electron chi connectivity index (χ3n) is 1.87. The van der Waals surface area contributed by atoms with Crippen LogP contribution in [0.5, 0.6) is 0 Å². The molecule has 0 unspecified atom stereocenters. The van der Waals surface area contributed by atoms with E-state index < -0.39 is 0 Å². The van der Waals surface area contributed by atoms with Crippen LogP contribution < -0.4 is 0 Å². The normalized spacial score (nSPS) is 10.3. The van der Waals surface area contributed by atoms with Gasteiger partial charge in [0.1, 0.15) is 5.78 Å². The lowest BCUT2D eigenvalue weighted by molar-refractivity contribution is -0.119. The van der Waals surface area contributed by atoms with Crippen molar-refractivity contribution in [1.82, 2.24) is 0 Å². The molecule has 0 saturated heterocycles. The summed E-state index contributed by atoms with van der Waals surface area (Å²) >= 11 is 0. The molecule has 0 aliphatic heterocycles. The van der Waals surface area contributed by atoms with Crippen molar-refractivity contribution in [3.8, 4) is 0 Å². The van der Waals surface area contributed by atoms with Gasteiger partial charge in [-0.1, -0.05) is 13.3 Å². The molecule has 0 aliphatic carbocycles.